The van der Waals surface area contributed by atoms with E-state index in [4.69, 9.17) is 9.47 Å². The van der Waals surface area contributed by atoms with Crippen LogP contribution >= 0.6 is 11.3 Å². The van der Waals surface area contributed by atoms with Gasteiger partial charge in [0, 0.05) is 12.0 Å². The zero-order chi connectivity index (χ0) is 15.4. The number of ether oxygens (including phenoxy) is 2. The van der Waals surface area contributed by atoms with Crippen LogP contribution in [0.3, 0.4) is 0 Å². The third kappa shape index (κ3) is 3.63. The van der Waals surface area contributed by atoms with Crippen molar-refractivity contribution in [3.8, 4) is 0 Å². The molecule has 2 rings (SSSR count). The van der Waals surface area contributed by atoms with Crippen LogP contribution in [0.15, 0.2) is 0 Å². The molecular formula is C15H21NO4S. The van der Waals surface area contributed by atoms with Crippen LogP contribution in [0.5, 0.6) is 0 Å². The molecule has 1 aliphatic rings. The molecule has 116 valence electrons. The highest BCUT2D eigenvalue weighted by Crippen LogP contribution is 2.40. The molecule has 1 N–H and O–H groups in total. The second-order valence-corrected chi connectivity index (χ2v) is 6.36. The number of nitrogens with one attached hydrogen (secondary N) is 1. The third-order valence-electron chi connectivity index (χ3n) is 3.52. The van der Waals surface area contributed by atoms with Gasteiger partial charge in [-0.25, -0.2) is 4.79 Å². The van der Waals surface area contributed by atoms with E-state index in [1.807, 2.05) is 0 Å². The van der Waals surface area contributed by atoms with Crippen molar-refractivity contribution in [1.82, 2.24) is 0 Å². The van der Waals surface area contributed by atoms with Gasteiger partial charge in [0.15, 0.2) is 0 Å². The van der Waals surface area contributed by atoms with Crippen molar-refractivity contribution >= 4 is 28.2 Å². The largest absolute Gasteiger partial charge is 0.462 e. The lowest BCUT2D eigenvalue weighted by atomic mass is 9.88. The molecule has 21 heavy (non-hydrogen) atoms. The van der Waals surface area contributed by atoms with E-state index in [1.165, 1.54) is 23.3 Å². The SMILES string of the molecule is CCOC(=O)c1c(NC(=O)COC)sc2c1CC[C@@H](C)C2. The van der Waals surface area contributed by atoms with Crippen LogP contribution < -0.4 is 5.32 Å². The Morgan fingerprint density at radius 3 is 2.86 bits per heavy atom. The Morgan fingerprint density at radius 1 is 1.43 bits per heavy atom. The van der Waals surface area contributed by atoms with Crippen LogP contribution in [0.25, 0.3) is 0 Å². The molecule has 1 aromatic heterocycles. The lowest BCUT2D eigenvalue weighted by Gasteiger charge is -2.18. The van der Waals surface area contributed by atoms with E-state index in [0.29, 0.717) is 23.1 Å². The minimum Gasteiger partial charge on any atom is -0.462 e. The normalized spacial score (nSPS) is 17.2. The number of rotatable bonds is 5. The predicted octanol–water partition coefficient (Wildman–Crippen LogP) is 2.63. The Kier molecular flexibility index (Phi) is 5.36. The highest BCUT2D eigenvalue weighted by atomic mass is 32.1. The standard InChI is InChI=1S/C15H21NO4S/c1-4-20-15(18)13-10-6-5-9(2)7-11(10)21-14(13)16-12(17)8-19-3/h9H,4-8H2,1-3H3,(H,16,17)/t9-/m1/s1. The summed E-state index contributed by atoms with van der Waals surface area (Å²) in [7, 11) is 1.47. The Morgan fingerprint density at radius 2 is 2.19 bits per heavy atom. The first kappa shape index (κ1) is 16.0. The summed E-state index contributed by atoms with van der Waals surface area (Å²) >= 11 is 1.49. The Labute approximate surface area is 128 Å². The molecule has 0 bridgehead atoms. The summed E-state index contributed by atoms with van der Waals surface area (Å²) in [5.41, 5.74) is 1.58. The first-order valence-electron chi connectivity index (χ1n) is 7.17. The smallest absolute Gasteiger partial charge is 0.341 e. The summed E-state index contributed by atoms with van der Waals surface area (Å²) in [6, 6.07) is 0. The fourth-order valence-electron chi connectivity index (χ4n) is 2.55. The summed E-state index contributed by atoms with van der Waals surface area (Å²) < 4.78 is 9.97. The van der Waals surface area contributed by atoms with Crippen LogP contribution in [0.1, 0.15) is 41.1 Å². The fraction of sp³-hybridized carbons (Fsp3) is 0.600. The highest BCUT2D eigenvalue weighted by Gasteiger charge is 2.29. The van der Waals surface area contributed by atoms with Gasteiger partial charge in [0.25, 0.3) is 5.91 Å². The van der Waals surface area contributed by atoms with Gasteiger partial charge in [-0.2, -0.15) is 0 Å². The topological polar surface area (TPSA) is 64.6 Å². The molecule has 0 saturated carbocycles. The van der Waals surface area contributed by atoms with Gasteiger partial charge in [0.2, 0.25) is 0 Å². The van der Waals surface area contributed by atoms with E-state index in [-0.39, 0.29) is 18.5 Å². The number of hydrogen-bond acceptors (Lipinski definition) is 5. The highest BCUT2D eigenvalue weighted by molar-refractivity contribution is 7.17. The van der Waals surface area contributed by atoms with Crippen LogP contribution in [0, 0.1) is 5.92 Å². The van der Waals surface area contributed by atoms with Crippen molar-refractivity contribution in [3.05, 3.63) is 16.0 Å². The zero-order valence-corrected chi connectivity index (χ0v) is 13.5. The molecule has 1 amide bonds. The van der Waals surface area contributed by atoms with Crippen LogP contribution in [-0.4, -0.2) is 32.2 Å². The number of hydrogen-bond donors (Lipinski definition) is 1. The molecule has 0 fully saturated rings. The molecule has 1 aromatic rings. The first-order valence-corrected chi connectivity index (χ1v) is 7.98. The second kappa shape index (κ2) is 7.04. The Balaban J connectivity index is 2.33. The van der Waals surface area contributed by atoms with E-state index >= 15 is 0 Å². The number of fused-ring (bicyclic) bond motifs is 1. The summed E-state index contributed by atoms with van der Waals surface area (Å²) in [5, 5.41) is 3.37. The summed E-state index contributed by atoms with van der Waals surface area (Å²) in [5.74, 6) is 0.000635. The van der Waals surface area contributed by atoms with Gasteiger partial charge in [-0.1, -0.05) is 6.92 Å². The van der Waals surface area contributed by atoms with Gasteiger partial charge >= 0.3 is 5.97 Å². The Bertz CT molecular complexity index is 538. The lowest BCUT2D eigenvalue weighted by molar-refractivity contribution is -0.119. The van der Waals surface area contributed by atoms with E-state index in [0.717, 1.165) is 24.8 Å². The summed E-state index contributed by atoms with van der Waals surface area (Å²) in [6.07, 6.45) is 2.87. The molecule has 1 aliphatic carbocycles. The van der Waals surface area contributed by atoms with E-state index in [2.05, 4.69) is 12.2 Å². The van der Waals surface area contributed by atoms with Crippen molar-refractivity contribution in [2.75, 3.05) is 25.6 Å². The third-order valence-corrected chi connectivity index (χ3v) is 4.69. The zero-order valence-electron chi connectivity index (χ0n) is 12.7. The number of carbonyl (C=O) groups excluding carboxylic acids is 2. The molecular weight excluding hydrogens is 290 g/mol. The molecule has 0 aromatic carbocycles. The molecule has 0 unspecified atom stereocenters. The molecule has 6 heteroatoms. The number of carbonyl (C=O) groups is 2. The maximum absolute atomic E-state index is 12.2. The Hall–Kier alpha value is -1.40. The molecule has 0 spiro atoms. The predicted molar refractivity (Wildman–Crippen MR) is 82.0 cm³/mol. The van der Waals surface area contributed by atoms with Crippen LogP contribution in [0.4, 0.5) is 5.00 Å². The van der Waals surface area contributed by atoms with Gasteiger partial charge in [-0.3, -0.25) is 4.79 Å². The van der Waals surface area contributed by atoms with Gasteiger partial charge in [0.05, 0.1) is 12.2 Å². The molecule has 0 aliphatic heterocycles. The van der Waals surface area contributed by atoms with E-state index < -0.39 is 0 Å². The summed E-state index contributed by atoms with van der Waals surface area (Å²) in [6.45, 7) is 4.28. The minimum absolute atomic E-state index is 0.0266. The number of methoxy groups -OCH3 is 1. The monoisotopic (exact) mass is 311 g/mol. The average Bonchev–Trinajstić information content (AvgIpc) is 2.75. The minimum atomic E-state index is -0.350. The van der Waals surface area contributed by atoms with Crippen LogP contribution in [-0.2, 0) is 27.1 Å². The lowest BCUT2D eigenvalue weighted by Crippen LogP contribution is -2.19. The number of amides is 1. The van der Waals surface area contributed by atoms with Gasteiger partial charge in [-0.15, -0.1) is 11.3 Å². The van der Waals surface area contributed by atoms with Crippen molar-refractivity contribution in [3.63, 3.8) is 0 Å². The van der Waals surface area contributed by atoms with Crippen molar-refractivity contribution in [2.24, 2.45) is 5.92 Å². The maximum Gasteiger partial charge on any atom is 0.341 e. The van der Waals surface area contributed by atoms with Crippen molar-refractivity contribution < 1.29 is 19.1 Å². The van der Waals surface area contributed by atoms with Crippen molar-refractivity contribution in [2.45, 2.75) is 33.1 Å². The fourth-order valence-corrected chi connectivity index (χ4v) is 3.97. The van der Waals surface area contributed by atoms with Gasteiger partial charge in [-0.05, 0) is 37.7 Å². The number of thiophene rings is 1. The maximum atomic E-state index is 12.2. The first-order chi connectivity index (χ1) is 10.1. The summed E-state index contributed by atoms with van der Waals surface area (Å²) in [4.78, 5) is 25.1. The molecule has 1 heterocycles. The van der Waals surface area contributed by atoms with E-state index in [9.17, 15) is 9.59 Å². The van der Waals surface area contributed by atoms with Crippen molar-refractivity contribution in [1.29, 1.82) is 0 Å². The molecule has 1 atom stereocenters. The van der Waals surface area contributed by atoms with Gasteiger partial charge in [0.1, 0.15) is 11.6 Å². The molecule has 0 radical (unpaired) electrons. The molecule has 0 saturated heterocycles. The van der Waals surface area contributed by atoms with E-state index in [1.54, 1.807) is 6.92 Å². The quantitative estimate of drug-likeness (QED) is 0.849. The van der Waals surface area contributed by atoms with Gasteiger partial charge < -0.3 is 14.8 Å². The molecule has 5 nitrogen and oxygen atoms in total. The second-order valence-electron chi connectivity index (χ2n) is 5.26. The number of esters is 1. The number of anilines is 1. The average molecular weight is 311 g/mol. The van der Waals surface area contributed by atoms with Crippen LogP contribution in [0.2, 0.25) is 0 Å².